The summed E-state index contributed by atoms with van der Waals surface area (Å²) in [5.41, 5.74) is -0.537. The van der Waals surface area contributed by atoms with Crippen LogP contribution in [0, 0.1) is 12.8 Å². The van der Waals surface area contributed by atoms with Crippen LogP contribution in [-0.2, 0) is 17.5 Å². The Kier molecular flexibility index (Phi) is 5.19. The molecule has 1 aromatic rings. The SMILES string of the molecule is CCC(C)NC(=O)C(C)Cn1nc(C(F)(F)F)cc1C. The lowest BCUT2D eigenvalue weighted by atomic mass is 10.1. The summed E-state index contributed by atoms with van der Waals surface area (Å²) >= 11 is 0. The molecule has 1 heterocycles. The number of rotatable bonds is 5. The van der Waals surface area contributed by atoms with Gasteiger partial charge in [0.05, 0.1) is 12.5 Å². The van der Waals surface area contributed by atoms with E-state index in [9.17, 15) is 18.0 Å². The smallest absolute Gasteiger partial charge is 0.353 e. The van der Waals surface area contributed by atoms with Crippen LogP contribution in [-0.4, -0.2) is 21.7 Å². The summed E-state index contributed by atoms with van der Waals surface area (Å²) in [7, 11) is 0. The number of carbonyl (C=O) groups excluding carboxylic acids is 1. The molecule has 0 aliphatic heterocycles. The molecule has 0 aromatic carbocycles. The van der Waals surface area contributed by atoms with Crippen molar-refractivity contribution in [2.45, 2.75) is 52.9 Å². The molecule has 2 unspecified atom stereocenters. The van der Waals surface area contributed by atoms with Crippen LogP contribution in [0.15, 0.2) is 6.07 Å². The van der Waals surface area contributed by atoms with Gasteiger partial charge in [0.15, 0.2) is 5.69 Å². The molecule has 2 atom stereocenters. The number of hydrogen-bond acceptors (Lipinski definition) is 2. The van der Waals surface area contributed by atoms with Crippen molar-refractivity contribution in [1.82, 2.24) is 15.1 Å². The third kappa shape index (κ3) is 4.25. The van der Waals surface area contributed by atoms with Crippen LogP contribution in [0.5, 0.6) is 0 Å². The number of amides is 1. The Morgan fingerprint density at radius 3 is 2.50 bits per heavy atom. The van der Waals surface area contributed by atoms with Gasteiger partial charge >= 0.3 is 6.18 Å². The van der Waals surface area contributed by atoms with Crippen LogP contribution >= 0.6 is 0 Å². The molecular formula is C13H20F3N3O. The third-order valence-corrected chi connectivity index (χ3v) is 3.17. The number of aromatic nitrogens is 2. The van der Waals surface area contributed by atoms with E-state index in [0.717, 1.165) is 12.5 Å². The Morgan fingerprint density at radius 2 is 2.05 bits per heavy atom. The predicted molar refractivity (Wildman–Crippen MR) is 69.0 cm³/mol. The van der Waals surface area contributed by atoms with E-state index < -0.39 is 17.8 Å². The Bertz CT molecular complexity index is 468. The number of carbonyl (C=O) groups is 1. The largest absolute Gasteiger partial charge is 0.435 e. The molecule has 7 heteroatoms. The Hall–Kier alpha value is -1.53. The molecule has 1 rings (SSSR count). The van der Waals surface area contributed by atoms with Crippen molar-refractivity contribution in [2.75, 3.05) is 0 Å². The van der Waals surface area contributed by atoms with Gasteiger partial charge < -0.3 is 5.32 Å². The number of halogens is 3. The number of nitrogens with one attached hydrogen (secondary N) is 1. The molecule has 1 N–H and O–H groups in total. The molecule has 0 fully saturated rings. The van der Waals surface area contributed by atoms with Crippen LogP contribution in [0.25, 0.3) is 0 Å². The molecule has 114 valence electrons. The summed E-state index contributed by atoms with van der Waals surface area (Å²) in [6.07, 6.45) is -3.66. The van der Waals surface area contributed by atoms with Crippen LogP contribution < -0.4 is 5.32 Å². The van der Waals surface area contributed by atoms with Crippen molar-refractivity contribution in [1.29, 1.82) is 0 Å². The Labute approximate surface area is 116 Å². The maximum absolute atomic E-state index is 12.5. The quantitative estimate of drug-likeness (QED) is 0.906. The van der Waals surface area contributed by atoms with Crippen molar-refractivity contribution < 1.29 is 18.0 Å². The summed E-state index contributed by atoms with van der Waals surface area (Å²) in [4.78, 5) is 11.9. The fourth-order valence-electron chi connectivity index (χ4n) is 1.66. The molecule has 0 spiro atoms. The van der Waals surface area contributed by atoms with Gasteiger partial charge in [-0.1, -0.05) is 13.8 Å². The lowest BCUT2D eigenvalue weighted by Gasteiger charge is -2.17. The van der Waals surface area contributed by atoms with E-state index in [-0.39, 0.29) is 18.5 Å². The second-order valence-electron chi connectivity index (χ2n) is 5.07. The monoisotopic (exact) mass is 291 g/mol. The molecule has 0 radical (unpaired) electrons. The number of alkyl halides is 3. The zero-order chi connectivity index (χ0) is 15.5. The Balaban J connectivity index is 2.73. The summed E-state index contributed by atoms with van der Waals surface area (Å²) < 4.78 is 38.8. The van der Waals surface area contributed by atoms with Gasteiger partial charge in [0.25, 0.3) is 0 Å². The molecule has 0 saturated heterocycles. The van der Waals surface area contributed by atoms with Crippen LogP contribution in [0.4, 0.5) is 13.2 Å². The van der Waals surface area contributed by atoms with Gasteiger partial charge in [-0.15, -0.1) is 0 Å². The zero-order valence-corrected chi connectivity index (χ0v) is 12.1. The van der Waals surface area contributed by atoms with Gasteiger partial charge in [-0.25, -0.2) is 0 Å². The van der Waals surface area contributed by atoms with Crippen LogP contribution in [0.3, 0.4) is 0 Å². The maximum Gasteiger partial charge on any atom is 0.435 e. The summed E-state index contributed by atoms with van der Waals surface area (Å²) in [6.45, 7) is 7.17. The minimum absolute atomic E-state index is 0.0504. The van der Waals surface area contributed by atoms with Crippen molar-refractivity contribution in [3.05, 3.63) is 17.5 Å². The molecule has 4 nitrogen and oxygen atoms in total. The van der Waals surface area contributed by atoms with Crippen molar-refractivity contribution in [3.8, 4) is 0 Å². The fourth-order valence-corrected chi connectivity index (χ4v) is 1.66. The second-order valence-corrected chi connectivity index (χ2v) is 5.07. The summed E-state index contributed by atoms with van der Waals surface area (Å²) in [6, 6.07) is 1.04. The van der Waals surface area contributed by atoms with Gasteiger partial charge in [-0.05, 0) is 26.3 Å². The van der Waals surface area contributed by atoms with Crippen molar-refractivity contribution in [3.63, 3.8) is 0 Å². The van der Waals surface area contributed by atoms with Gasteiger partial charge in [-0.2, -0.15) is 18.3 Å². The number of hydrogen-bond donors (Lipinski definition) is 1. The molecule has 0 bridgehead atoms. The highest BCUT2D eigenvalue weighted by Gasteiger charge is 2.34. The molecule has 0 aliphatic rings. The fraction of sp³-hybridized carbons (Fsp3) is 0.692. The lowest BCUT2D eigenvalue weighted by Crippen LogP contribution is -2.37. The van der Waals surface area contributed by atoms with E-state index in [0.29, 0.717) is 5.69 Å². The van der Waals surface area contributed by atoms with E-state index in [1.165, 1.54) is 4.68 Å². The number of aryl methyl sites for hydroxylation is 1. The molecular weight excluding hydrogens is 271 g/mol. The van der Waals surface area contributed by atoms with E-state index in [2.05, 4.69) is 10.4 Å². The first kappa shape index (κ1) is 16.5. The van der Waals surface area contributed by atoms with E-state index >= 15 is 0 Å². The normalized spacial score (nSPS) is 14.9. The van der Waals surface area contributed by atoms with E-state index in [1.54, 1.807) is 13.8 Å². The van der Waals surface area contributed by atoms with Crippen LogP contribution in [0.1, 0.15) is 38.6 Å². The molecule has 1 amide bonds. The highest BCUT2D eigenvalue weighted by Crippen LogP contribution is 2.28. The lowest BCUT2D eigenvalue weighted by molar-refractivity contribution is -0.141. The van der Waals surface area contributed by atoms with Gasteiger partial charge in [-0.3, -0.25) is 9.48 Å². The zero-order valence-electron chi connectivity index (χ0n) is 12.1. The average Bonchev–Trinajstić information content (AvgIpc) is 2.70. The minimum Gasteiger partial charge on any atom is -0.353 e. The van der Waals surface area contributed by atoms with Crippen LogP contribution in [0.2, 0.25) is 0 Å². The summed E-state index contributed by atoms with van der Waals surface area (Å²) in [5.74, 6) is -0.619. The summed E-state index contributed by atoms with van der Waals surface area (Å²) in [5, 5.41) is 6.32. The number of nitrogens with zero attached hydrogens (tertiary/aromatic N) is 2. The third-order valence-electron chi connectivity index (χ3n) is 3.17. The van der Waals surface area contributed by atoms with Crippen molar-refractivity contribution >= 4 is 5.91 Å². The molecule has 0 aliphatic carbocycles. The minimum atomic E-state index is -4.46. The highest BCUT2D eigenvalue weighted by atomic mass is 19.4. The van der Waals surface area contributed by atoms with Gasteiger partial charge in [0.1, 0.15) is 0 Å². The first-order valence-corrected chi connectivity index (χ1v) is 6.57. The maximum atomic E-state index is 12.5. The predicted octanol–water partition coefficient (Wildman–Crippen LogP) is 2.76. The first-order chi connectivity index (χ1) is 9.15. The highest BCUT2D eigenvalue weighted by molar-refractivity contribution is 5.78. The van der Waals surface area contributed by atoms with Crippen molar-refractivity contribution in [2.24, 2.45) is 5.92 Å². The topological polar surface area (TPSA) is 46.9 Å². The Morgan fingerprint density at radius 1 is 1.45 bits per heavy atom. The molecule has 0 saturated carbocycles. The second kappa shape index (κ2) is 6.28. The molecule has 1 aromatic heterocycles. The van der Waals surface area contributed by atoms with E-state index in [1.807, 2.05) is 13.8 Å². The van der Waals surface area contributed by atoms with Gasteiger partial charge in [0.2, 0.25) is 5.91 Å². The average molecular weight is 291 g/mol. The first-order valence-electron chi connectivity index (χ1n) is 6.57. The van der Waals surface area contributed by atoms with Gasteiger partial charge in [0, 0.05) is 11.7 Å². The molecule has 20 heavy (non-hydrogen) atoms. The standard InChI is InChI=1S/C13H20F3N3O/c1-5-9(3)17-12(20)8(2)7-19-10(4)6-11(18-19)13(14,15)16/h6,8-9H,5,7H2,1-4H3,(H,17,20). The van der Waals surface area contributed by atoms with E-state index in [4.69, 9.17) is 0 Å².